The van der Waals surface area contributed by atoms with Crippen LogP contribution in [0.4, 0.5) is 0 Å². The number of aromatic nitrogens is 1. The van der Waals surface area contributed by atoms with Gasteiger partial charge in [-0.2, -0.15) is 0 Å². The van der Waals surface area contributed by atoms with Crippen molar-refractivity contribution < 1.29 is 0 Å². The van der Waals surface area contributed by atoms with Crippen molar-refractivity contribution >= 4 is 11.3 Å². The number of hydrogen-bond donors (Lipinski definition) is 1. The van der Waals surface area contributed by atoms with Crippen molar-refractivity contribution in [2.45, 2.75) is 31.7 Å². The Morgan fingerprint density at radius 1 is 1.12 bits per heavy atom. The van der Waals surface area contributed by atoms with Gasteiger partial charge in [-0.1, -0.05) is 12.1 Å². The first-order valence-corrected chi connectivity index (χ1v) is 6.90. The molecule has 0 amide bonds. The summed E-state index contributed by atoms with van der Waals surface area (Å²) in [7, 11) is 0. The van der Waals surface area contributed by atoms with Gasteiger partial charge in [-0.3, -0.25) is 4.98 Å². The Labute approximate surface area is 107 Å². The number of nitrogens with zero attached hydrogens (tertiary/aromatic N) is 1. The Morgan fingerprint density at radius 3 is 2.71 bits per heavy atom. The highest BCUT2D eigenvalue weighted by atomic mass is 32.1. The Hall–Kier alpha value is -1.19. The van der Waals surface area contributed by atoms with Gasteiger partial charge >= 0.3 is 0 Å². The van der Waals surface area contributed by atoms with Crippen LogP contribution in [0.3, 0.4) is 0 Å². The fourth-order valence-corrected chi connectivity index (χ4v) is 2.53. The zero-order valence-corrected chi connectivity index (χ0v) is 10.7. The maximum Gasteiger partial charge on any atom is 0.0404 e. The summed E-state index contributed by atoms with van der Waals surface area (Å²) in [5.74, 6) is 0. The standard InChI is InChI=1S/C14H18N2S/c15-12(7-9-14-5-3-11-17-14)6-8-13-4-1-2-10-16-13/h1-5,10-12H,6-9,15H2. The van der Waals surface area contributed by atoms with Crippen molar-refractivity contribution in [1.29, 1.82) is 0 Å². The van der Waals surface area contributed by atoms with Crippen LogP contribution < -0.4 is 5.73 Å². The molecule has 2 aromatic heterocycles. The van der Waals surface area contributed by atoms with Gasteiger partial charge in [-0.15, -0.1) is 11.3 Å². The lowest BCUT2D eigenvalue weighted by Crippen LogP contribution is -2.21. The lowest BCUT2D eigenvalue weighted by Gasteiger charge is -2.10. The van der Waals surface area contributed by atoms with Crippen LogP contribution in [-0.4, -0.2) is 11.0 Å². The minimum Gasteiger partial charge on any atom is -0.328 e. The first kappa shape index (κ1) is 12.3. The molecule has 1 atom stereocenters. The van der Waals surface area contributed by atoms with E-state index < -0.39 is 0 Å². The molecule has 0 saturated carbocycles. The van der Waals surface area contributed by atoms with Crippen molar-refractivity contribution in [3.8, 4) is 0 Å². The number of rotatable bonds is 6. The Kier molecular flexibility index (Phi) is 4.71. The fourth-order valence-electron chi connectivity index (χ4n) is 1.81. The van der Waals surface area contributed by atoms with Crippen LogP contribution in [0.25, 0.3) is 0 Å². The van der Waals surface area contributed by atoms with Crippen molar-refractivity contribution in [1.82, 2.24) is 4.98 Å². The van der Waals surface area contributed by atoms with Crippen LogP contribution in [0.2, 0.25) is 0 Å². The summed E-state index contributed by atoms with van der Waals surface area (Å²) in [6, 6.07) is 10.6. The minimum atomic E-state index is 0.277. The van der Waals surface area contributed by atoms with E-state index in [9.17, 15) is 0 Å². The van der Waals surface area contributed by atoms with E-state index >= 15 is 0 Å². The van der Waals surface area contributed by atoms with Crippen molar-refractivity contribution in [3.63, 3.8) is 0 Å². The molecule has 3 heteroatoms. The van der Waals surface area contributed by atoms with Gasteiger partial charge in [0.05, 0.1) is 0 Å². The summed E-state index contributed by atoms with van der Waals surface area (Å²) < 4.78 is 0. The van der Waals surface area contributed by atoms with Crippen molar-refractivity contribution in [2.75, 3.05) is 0 Å². The molecule has 17 heavy (non-hydrogen) atoms. The summed E-state index contributed by atoms with van der Waals surface area (Å²) in [6.07, 6.45) is 6.00. The number of hydrogen-bond acceptors (Lipinski definition) is 3. The van der Waals surface area contributed by atoms with E-state index in [0.29, 0.717) is 0 Å². The molecule has 0 radical (unpaired) electrons. The van der Waals surface area contributed by atoms with Crippen molar-refractivity contribution in [3.05, 3.63) is 52.5 Å². The molecule has 2 heterocycles. The fraction of sp³-hybridized carbons (Fsp3) is 0.357. The highest BCUT2D eigenvalue weighted by Crippen LogP contribution is 2.13. The maximum absolute atomic E-state index is 6.11. The molecule has 0 fully saturated rings. The molecule has 0 aliphatic carbocycles. The second-order valence-electron chi connectivity index (χ2n) is 4.24. The smallest absolute Gasteiger partial charge is 0.0404 e. The largest absolute Gasteiger partial charge is 0.328 e. The first-order chi connectivity index (χ1) is 8.34. The Morgan fingerprint density at radius 2 is 2.00 bits per heavy atom. The Bertz CT molecular complexity index is 411. The number of pyridine rings is 1. The number of thiophene rings is 1. The predicted octanol–water partition coefficient (Wildman–Crippen LogP) is 3.04. The van der Waals surface area contributed by atoms with Crippen LogP contribution in [-0.2, 0) is 12.8 Å². The van der Waals surface area contributed by atoms with Crippen LogP contribution >= 0.6 is 11.3 Å². The molecule has 0 aliphatic heterocycles. The van der Waals surface area contributed by atoms with E-state index in [-0.39, 0.29) is 6.04 Å². The normalized spacial score (nSPS) is 12.5. The third-order valence-electron chi connectivity index (χ3n) is 2.84. The molecule has 0 bridgehead atoms. The molecule has 0 saturated heterocycles. The van der Waals surface area contributed by atoms with E-state index in [2.05, 4.69) is 28.6 Å². The predicted molar refractivity (Wildman–Crippen MR) is 73.2 cm³/mol. The molecule has 0 aliphatic rings. The van der Waals surface area contributed by atoms with Gasteiger partial charge < -0.3 is 5.73 Å². The average molecular weight is 246 g/mol. The van der Waals surface area contributed by atoms with Gasteiger partial charge in [0, 0.05) is 22.8 Å². The van der Waals surface area contributed by atoms with Crippen LogP contribution in [0.1, 0.15) is 23.4 Å². The van der Waals surface area contributed by atoms with Crippen LogP contribution in [0.5, 0.6) is 0 Å². The summed E-state index contributed by atoms with van der Waals surface area (Å²) in [5.41, 5.74) is 7.25. The second-order valence-corrected chi connectivity index (χ2v) is 5.27. The zero-order valence-electron chi connectivity index (χ0n) is 9.88. The third kappa shape index (κ3) is 4.29. The highest BCUT2D eigenvalue weighted by Gasteiger charge is 2.04. The van der Waals surface area contributed by atoms with Gasteiger partial charge in [-0.25, -0.2) is 0 Å². The van der Waals surface area contributed by atoms with E-state index in [4.69, 9.17) is 5.73 Å². The van der Waals surface area contributed by atoms with E-state index in [1.807, 2.05) is 29.7 Å². The topological polar surface area (TPSA) is 38.9 Å². The van der Waals surface area contributed by atoms with E-state index in [1.165, 1.54) is 4.88 Å². The monoisotopic (exact) mass is 246 g/mol. The second kappa shape index (κ2) is 6.52. The first-order valence-electron chi connectivity index (χ1n) is 6.02. The molecule has 2 nitrogen and oxygen atoms in total. The third-order valence-corrected chi connectivity index (χ3v) is 3.78. The molecule has 90 valence electrons. The van der Waals surface area contributed by atoms with Gasteiger partial charge in [0.2, 0.25) is 0 Å². The van der Waals surface area contributed by atoms with Gasteiger partial charge in [0.25, 0.3) is 0 Å². The zero-order chi connectivity index (χ0) is 11.9. The van der Waals surface area contributed by atoms with E-state index in [0.717, 1.165) is 31.4 Å². The van der Waals surface area contributed by atoms with E-state index in [1.54, 1.807) is 0 Å². The van der Waals surface area contributed by atoms with Crippen LogP contribution in [0.15, 0.2) is 41.9 Å². The number of aryl methyl sites for hydroxylation is 2. The molecule has 2 aromatic rings. The summed E-state index contributed by atoms with van der Waals surface area (Å²) in [4.78, 5) is 5.74. The number of nitrogens with two attached hydrogens (primary N) is 1. The molecule has 2 rings (SSSR count). The molecular formula is C14H18N2S. The molecule has 2 N–H and O–H groups in total. The molecular weight excluding hydrogens is 228 g/mol. The molecule has 0 aromatic carbocycles. The average Bonchev–Trinajstić information content (AvgIpc) is 2.88. The summed E-state index contributed by atoms with van der Waals surface area (Å²) >= 11 is 1.81. The van der Waals surface area contributed by atoms with Crippen molar-refractivity contribution in [2.24, 2.45) is 5.73 Å². The van der Waals surface area contributed by atoms with Crippen LogP contribution in [0, 0.1) is 0 Å². The quantitative estimate of drug-likeness (QED) is 0.851. The van der Waals surface area contributed by atoms with Gasteiger partial charge in [0.1, 0.15) is 0 Å². The minimum absolute atomic E-state index is 0.277. The van der Waals surface area contributed by atoms with Gasteiger partial charge in [-0.05, 0) is 49.3 Å². The summed E-state index contributed by atoms with van der Waals surface area (Å²) in [6.45, 7) is 0. The summed E-state index contributed by atoms with van der Waals surface area (Å²) in [5, 5.41) is 2.12. The maximum atomic E-state index is 6.11. The lowest BCUT2D eigenvalue weighted by atomic mass is 10.0. The SMILES string of the molecule is NC(CCc1ccccn1)CCc1cccs1. The Balaban J connectivity index is 1.69. The van der Waals surface area contributed by atoms with Gasteiger partial charge in [0.15, 0.2) is 0 Å². The highest BCUT2D eigenvalue weighted by molar-refractivity contribution is 7.09. The lowest BCUT2D eigenvalue weighted by molar-refractivity contribution is 0.567. The molecule has 1 unspecified atom stereocenters. The molecule has 0 spiro atoms.